The molecule has 2 unspecified atom stereocenters. The summed E-state index contributed by atoms with van der Waals surface area (Å²) in [7, 11) is -2.54. The van der Waals surface area contributed by atoms with Crippen molar-refractivity contribution < 1.29 is 4.43 Å². The lowest BCUT2D eigenvalue weighted by molar-refractivity contribution is 0.130. The molecule has 0 aromatic carbocycles. The second-order valence-electron chi connectivity index (χ2n) is 6.15. The second kappa shape index (κ2) is 7.07. The Labute approximate surface area is 111 Å². The van der Waals surface area contributed by atoms with Crippen LogP contribution in [0.1, 0.15) is 54.9 Å². The van der Waals surface area contributed by atoms with E-state index >= 15 is 0 Å². The van der Waals surface area contributed by atoms with Crippen molar-refractivity contribution in [2.75, 3.05) is 0 Å². The molecule has 0 aliphatic heterocycles. The fraction of sp³-hybridized carbons (Fsp3) is 1.00. The summed E-state index contributed by atoms with van der Waals surface area (Å²) in [6.07, 6.45) is 1.07. The monoisotopic (exact) mass is 275 g/mol. The lowest BCUT2D eigenvalue weighted by Gasteiger charge is -2.42. The molecule has 2 atom stereocenters. The van der Waals surface area contributed by atoms with Crippen LogP contribution in [-0.4, -0.2) is 27.4 Å². The van der Waals surface area contributed by atoms with E-state index in [9.17, 15) is 0 Å². The Bertz CT molecular complexity index is 204. The van der Waals surface area contributed by atoms with Crippen molar-refractivity contribution in [3.05, 3.63) is 0 Å². The first-order valence-corrected chi connectivity index (χ1v) is 12.8. The van der Waals surface area contributed by atoms with Crippen LogP contribution in [0.3, 0.4) is 0 Å². The van der Waals surface area contributed by atoms with Crippen LogP contribution in [0.4, 0.5) is 0 Å². The Morgan fingerprint density at radius 1 is 1.06 bits per heavy atom. The molecule has 17 heavy (non-hydrogen) atoms. The van der Waals surface area contributed by atoms with Crippen LogP contribution in [0.5, 0.6) is 0 Å². The van der Waals surface area contributed by atoms with E-state index in [4.69, 9.17) is 10.2 Å². The van der Waals surface area contributed by atoms with E-state index in [2.05, 4.69) is 48.5 Å². The molecule has 0 fully saturated rings. The van der Waals surface area contributed by atoms with E-state index in [0.29, 0.717) is 5.67 Å². The third kappa shape index (κ3) is 4.85. The maximum Gasteiger partial charge on any atom is 0.182 e. The molecule has 0 aliphatic rings. The maximum atomic E-state index is 6.50. The molecule has 0 spiro atoms. The zero-order chi connectivity index (χ0) is 13.7. The molecule has 2 N–H and O–H groups in total. The van der Waals surface area contributed by atoms with Gasteiger partial charge >= 0.3 is 0 Å². The van der Waals surface area contributed by atoms with E-state index in [-0.39, 0.29) is 5.60 Å². The molecule has 0 saturated heterocycles. The van der Waals surface area contributed by atoms with Crippen molar-refractivity contribution in [1.82, 2.24) is 0 Å². The average Bonchev–Trinajstić information content (AvgIpc) is 2.28. The van der Waals surface area contributed by atoms with Gasteiger partial charge in [-0.1, -0.05) is 45.8 Å². The van der Waals surface area contributed by atoms with E-state index in [0.717, 1.165) is 6.42 Å². The molecule has 2 nitrogen and oxygen atoms in total. The first-order valence-electron chi connectivity index (χ1n) is 7.19. The molecule has 0 aliphatic carbocycles. The molecule has 0 bridgehead atoms. The van der Waals surface area contributed by atoms with Gasteiger partial charge in [0.1, 0.15) is 0 Å². The zero-order valence-corrected chi connectivity index (χ0v) is 15.1. The molecular weight excluding hydrogens is 242 g/mol. The Hall–Kier alpha value is 0.354. The summed E-state index contributed by atoms with van der Waals surface area (Å²) in [5.74, 6) is 0. The predicted molar refractivity (Wildman–Crippen MR) is 83.5 cm³/mol. The summed E-state index contributed by atoms with van der Waals surface area (Å²) in [6, 6.07) is 4.00. The van der Waals surface area contributed by atoms with Crippen molar-refractivity contribution in [3.8, 4) is 0 Å². The van der Waals surface area contributed by atoms with Crippen molar-refractivity contribution in [1.29, 1.82) is 0 Å². The van der Waals surface area contributed by atoms with Crippen molar-refractivity contribution in [2.24, 2.45) is 5.73 Å². The quantitative estimate of drug-likeness (QED) is 0.723. The minimum Gasteiger partial charge on any atom is -0.417 e. The van der Waals surface area contributed by atoms with Crippen LogP contribution in [0.2, 0.25) is 18.1 Å². The maximum absolute atomic E-state index is 6.50. The van der Waals surface area contributed by atoms with Crippen LogP contribution in [-0.2, 0) is 4.43 Å². The first-order chi connectivity index (χ1) is 7.76. The summed E-state index contributed by atoms with van der Waals surface area (Å²) in [5.41, 5.74) is 6.72. The highest BCUT2D eigenvalue weighted by molar-refractivity contribution is 7.31. The lowest BCUT2D eigenvalue weighted by Crippen LogP contribution is -2.62. The molecule has 4 heteroatoms. The average molecular weight is 276 g/mol. The number of rotatable bonds is 7. The Morgan fingerprint density at radius 3 is 1.71 bits per heavy atom. The molecule has 0 radical (unpaired) electrons. The molecule has 0 amide bonds. The fourth-order valence-corrected chi connectivity index (χ4v) is 16.7. The minimum absolute atomic E-state index is 0.0264. The molecule has 104 valence electrons. The first kappa shape index (κ1) is 17.4. The molecule has 0 heterocycles. The molecular formula is C13H33NOSi2. The van der Waals surface area contributed by atoms with E-state index in [1.165, 1.54) is 18.1 Å². The minimum atomic E-state index is -1.29. The second-order valence-corrected chi connectivity index (χ2v) is 18.3. The topological polar surface area (TPSA) is 35.2 Å². The third-order valence-corrected chi connectivity index (χ3v) is 20.6. The summed E-state index contributed by atoms with van der Waals surface area (Å²) < 4.78 is 6.50. The highest BCUT2D eigenvalue weighted by Gasteiger charge is 2.43. The van der Waals surface area contributed by atoms with E-state index in [1.807, 2.05) is 0 Å². The van der Waals surface area contributed by atoms with Crippen LogP contribution >= 0.6 is 0 Å². The smallest absolute Gasteiger partial charge is 0.182 e. The molecule has 0 aromatic rings. The third-order valence-electron chi connectivity index (χ3n) is 4.06. The van der Waals surface area contributed by atoms with Crippen molar-refractivity contribution in [3.63, 3.8) is 0 Å². The number of nitrogens with two attached hydrogens (primary N) is 1. The van der Waals surface area contributed by atoms with Crippen LogP contribution < -0.4 is 5.73 Å². The summed E-state index contributed by atoms with van der Waals surface area (Å²) in [4.78, 5) is 0. The van der Waals surface area contributed by atoms with Gasteiger partial charge in [-0.25, -0.2) is 0 Å². The van der Waals surface area contributed by atoms with Crippen LogP contribution in [0, 0.1) is 0 Å². The number of hydrogen-bond acceptors (Lipinski definition) is 2. The Morgan fingerprint density at radius 2 is 1.47 bits per heavy atom. The van der Waals surface area contributed by atoms with Gasteiger partial charge in [0, 0.05) is 11.3 Å². The van der Waals surface area contributed by atoms with E-state index < -0.39 is 16.1 Å². The summed E-state index contributed by atoms with van der Waals surface area (Å²) in [6.45, 7) is 15.8. The molecule has 0 aromatic heterocycles. The Kier molecular flexibility index (Phi) is 7.22. The largest absolute Gasteiger partial charge is 0.417 e. The van der Waals surface area contributed by atoms with Gasteiger partial charge in [0.25, 0.3) is 0 Å². The van der Waals surface area contributed by atoms with Gasteiger partial charge in [-0.2, -0.15) is 0 Å². The van der Waals surface area contributed by atoms with E-state index in [1.54, 1.807) is 0 Å². The standard InChI is InChI=1S/C13H33NOSi2/c1-8-12(14)16(15-13(5,6)7)17(9-2,10-3)11-4/h12,16H,8-11,14H2,1-7H3. The fourth-order valence-electron chi connectivity index (χ4n) is 2.62. The highest BCUT2D eigenvalue weighted by Crippen LogP contribution is 2.28. The van der Waals surface area contributed by atoms with Gasteiger partial charge in [-0.05, 0) is 27.2 Å². The molecule has 0 rings (SSSR count). The lowest BCUT2D eigenvalue weighted by atomic mass is 10.2. The van der Waals surface area contributed by atoms with Gasteiger partial charge in [0.15, 0.2) is 8.56 Å². The van der Waals surface area contributed by atoms with Crippen LogP contribution in [0.15, 0.2) is 0 Å². The summed E-state index contributed by atoms with van der Waals surface area (Å²) in [5, 5.41) is 0. The van der Waals surface area contributed by atoms with Crippen molar-refractivity contribution >= 4 is 16.1 Å². The van der Waals surface area contributed by atoms with Gasteiger partial charge in [0.2, 0.25) is 0 Å². The highest BCUT2D eigenvalue weighted by atomic mass is 29.2. The van der Waals surface area contributed by atoms with Gasteiger partial charge in [0.05, 0.1) is 7.59 Å². The van der Waals surface area contributed by atoms with Crippen LogP contribution in [0.25, 0.3) is 0 Å². The SMILES string of the molecule is CCC(N)[SiH](OC(C)(C)C)[Si](CC)(CC)CC. The predicted octanol–water partition coefficient (Wildman–Crippen LogP) is 3.39. The zero-order valence-electron chi connectivity index (χ0n) is 13.0. The van der Waals surface area contributed by atoms with Gasteiger partial charge in [-0.15, -0.1) is 0 Å². The van der Waals surface area contributed by atoms with Gasteiger partial charge in [-0.3, -0.25) is 0 Å². The Balaban J connectivity index is 5.13. The summed E-state index contributed by atoms with van der Waals surface area (Å²) >= 11 is 0. The van der Waals surface area contributed by atoms with Gasteiger partial charge < -0.3 is 10.2 Å². The van der Waals surface area contributed by atoms with Crippen molar-refractivity contribution in [2.45, 2.75) is 84.3 Å². The number of hydrogen-bond donors (Lipinski definition) is 1. The molecule has 0 saturated carbocycles. The normalized spacial score (nSPS) is 16.9.